The number of allylic oxidation sites excluding steroid dienone is 12. The van der Waals surface area contributed by atoms with E-state index in [1.807, 2.05) is 13.8 Å². The van der Waals surface area contributed by atoms with Crippen LogP contribution in [0.3, 0.4) is 0 Å². The van der Waals surface area contributed by atoms with Crippen LogP contribution in [-0.2, 0) is 42.4 Å². The number of alkyl halides is 6. The topological polar surface area (TPSA) is 183 Å². The second-order valence-electron chi connectivity index (χ2n) is 14.3. The van der Waals surface area contributed by atoms with E-state index in [0.717, 1.165) is 36.8 Å². The lowest BCUT2D eigenvalue weighted by Gasteiger charge is -2.19. The van der Waals surface area contributed by atoms with Gasteiger partial charge in [0, 0.05) is 47.5 Å². The van der Waals surface area contributed by atoms with Gasteiger partial charge in [-0.1, -0.05) is 76.3 Å². The Hall–Kier alpha value is -4.70. The maximum Gasteiger partial charge on any atom is 0.416 e. The second kappa shape index (κ2) is 33.7. The smallest absolute Gasteiger partial charge is 0.416 e. The molecule has 0 unspecified atom stereocenters. The van der Waals surface area contributed by atoms with Crippen LogP contribution in [0.25, 0.3) is 0 Å². The quantitative estimate of drug-likeness (QED) is 0.0199. The van der Waals surface area contributed by atoms with Crippen molar-refractivity contribution < 1.29 is 71.2 Å². The lowest BCUT2D eigenvalue weighted by Crippen LogP contribution is -2.33. The highest BCUT2D eigenvalue weighted by molar-refractivity contribution is 8.17. The molecule has 13 nitrogen and oxygen atoms in total. The van der Waals surface area contributed by atoms with Crippen LogP contribution in [-0.4, -0.2) is 92.2 Å². The molecule has 0 heterocycles. The van der Waals surface area contributed by atoms with Gasteiger partial charge in [-0.2, -0.15) is 34.8 Å². The number of unbranched alkanes of at least 4 members (excludes halogenated alkanes) is 3. The van der Waals surface area contributed by atoms with E-state index >= 15 is 0 Å². The Morgan fingerprint density at radius 2 is 1.25 bits per heavy atom. The molecule has 67 heavy (non-hydrogen) atoms. The Kier molecular flexibility index (Phi) is 33.5. The first-order chi connectivity index (χ1) is 30.8. The zero-order valence-corrected chi connectivity index (χ0v) is 41.9. The minimum absolute atomic E-state index is 0.0183. The third-order valence-electron chi connectivity index (χ3n) is 7.61. The van der Waals surface area contributed by atoms with Crippen molar-refractivity contribution in [3.8, 4) is 0 Å². The molecule has 0 bridgehead atoms. The van der Waals surface area contributed by atoms with Gasteiger partial charge in [-0.05, 0) is 97.3 Å². The van der Waals surface area contributed by atoms with Crippen LogP contribution in [0.15, 0.2) is 118 Å². The maximum atomic E-state index is 13.1. The van der Waals surface area contributed by atoms with E-state index in [1.54, 1.807) is 40.7 Å². The third-order valence-corrected chi connectivity index (χ3v) is 10.4. The molecule has 0 aromatic carbocycles. The number of rotatable bonds is 25. The molecule has 3 amide bonds. The van der Waals surface area contributed by atoms with Crippen LogP contribution in [0.5, 0.6) is 0 Å². The average Bonchev–Trinajstić information content (AvgIpc) is 3.20. The summed E-state index contributed by atoms with van der Waals surface area (Å²) in [6.07, 6.45) is 3.39. The summed E-state index contributed by atoms with van der Waals surface area (Å²) < 4.78 is 139. The van der Waals surface area contributed by atoms with Crippen LogP contribution < -0.4 is 16.0 Å². The Morgan fingerprint density at radius 3 is 1.72 bits per heavy atom. The number of amides is 3. The molecule has 382 valence electrons. The number of carbonyl (C=O) groups excluding carboxylic acids is 3. The first kappa shape index (κ1) is 66.6. The number of hydrogen-bond donors (Lipinski definition) is 3. The summed E-state index contributed by atoms with van der Waals surface area (Å²) in [6.45, 7) is 24.9. The average molecular weight is 1020 g/mol. The molecule has 0 radical (unpaired) electrons. The first-order valence-electron chi connectivity index (χ1n) is 20.7. The normalized spacial score (nSPS) is 13.5. The van der Waals surface area contributed by atoms with E-state index < -0.39 is 72.4 Å². The van der Waals surface area contributed by atoms with Gasteiger partial charge < -0.3 is 25.4 Å². The highest BCUT2D eigenvalue weighted by Crippen LogP contribution is 2.33. The molecular weight excluding hydrogens is 956 g/mol. The summed E-state index contributed by atoms with van der Waals surface area (Å²) in [5.74, 6) is -1.47. The number of ether oxygens (including phenoxy) is 2. The zero-order valence-electron chi connectivity index (χ0n) is 39.5. The highest BCUT2D eigenvalue weighted by atomic mass is 35.7. The lowest BCUT2D eigenvalue weighted by molar-refractivity contribution is -0.117. The van der Waals surface area contributed by atoms with E-state index in [0.29, 0.717) is 20.0 Å². The van der Waals surface area contributed by atoms with Crippen LogP contribution in [0.2, 0.25) is 0 Å². The number of carbonyl (C=O) groups is 3. The van der Waals surface area contributed by atoms with Crippen molar-refractivity contribution in [3.63, 3.8) is 0 Å². The molecule has 0 aromatic rings. The summed E-state index contributed by atoms with van der Waals surface area (Å²) in [5, 5.41) is 7.56. The third kappa shape index (κ3) is 34.3. The Labute approximate surface area is 397 Å². The van der Waals surface area contributed by atoms with E-state index in [-0.39, 0.29) is 47.6 Å². The predicted molar refractivity (Wildman–Crippen MR) is 253 cm³/mol. The molecule has 3 N–H and O–H groups in total. The fraction of sp³-hybridized carbons (Fsp3) is 0.489. The van der Waals surface area contributed by atoms with E-state index in [9.17, 15) is 57.6 Å². The summed E-state index contributed by atoms with van der Waals surface area (Å²) in [5.41, 5.74) is -3.05. The van der Waals surface area contributed by atoms with Crippen molar-refractivity contribution in [3.05, 3.63) is 118 Å². The molecule has 0 aliphatic heterocycles. The molecule has 0 aliphatic carbocycles. The van der Waals surface area contributed by atoms with Gasteiger partial charge in [0.05, 0.1) is 35.2 Å². The molecule has 0 aliphatic rings. The maximum absolute atomic E-state index is 13.1. The molecular formula is C45H66ClF6N3O10S2. The SMILES string of the molecule is C=C(/C=C(\C=C(/C)C(F)(F)F)C(F)(F)F)C(=O)NCCOCCOS(=O)(=O)C(/C=C\C=C\C(=O)NCCCCCCNC(=O)OC(C)(C)C)=C/C.C=C/C(=C\C(=C/C)C(=C)C)S(=O)(=O)Cl.CC. The van der Waals surface area contributed by atoms with Crippen LogP contribution in [0, 0.1) is 0 Å². The van der Waals surface area contributed by atoms with Crippen molar-refractivity contribution in [2.24, 2.45) is 0 Å². The van der Waals surface area contributed by atoms with Crippen LogP contribution in [0.4, 0.5) is 31.1 Å². The zero-order chi connectivity index (χ0) is 52.7. The summed E-state index contributed by atoms with van der Waals surface area (Å²) in [7, 11) is -2.74. The van der Waals surface area contributed by atoms with Gasteiger partial charge in [-0.25, -0.2) is 13.2 Å². The first-order valence-corrected chi connectivity index (χ1v) is 24.4. The summed E-state index contributed by atoms with van der Waals surface area (Å²) in [6, 6.07) is 0. The van der Waals surface area contributed by atoms with Crippen molar-refractivity contribution in [1.29, 1.82) is 0 Å². The van der Waals surface area contributed by atoms with Gasteiger partial charge in [-0.15, -0.1) is 0 Å². The van der Waals surface area contributed by atoms with Gasteiger partial charge in [0.25, 0.3) is 25.1 Å². The summed E-state index contributed by atoms with van der Waals surface area (Å²) in [4.78, 5) is 35.4. The largest absolute Gasteiger partial charge is 0.444 e. The Morgan fingerprint density at radius 1 is 0.701 bits per heavy atom. The van der Waals surface area contributed by atoms with E-state index in [1.165, 1.54) is 49.5 Å². The molecule has 0 atom stereocenters. The monoisotopic (exact) mass is 1020 g/mol. The van der Waals surface area contributed by atoms with Gasteiger partial charge >= 0.3 is 18.4 Å². The molecule has 0 saturated carbocycles. The fourth-order valence-electron chi connectivity index (χ4n) is 4.33. The van der Waals surface area contributed by atoms with E-state index in [2.05, 4.69) is 35.7 Å². The highest BCUT2D eigenvalue weighted by Gasteiger charge is 2.36. The summed E-state index contributed by atoms with van der Waals surface area (Å²) >= 11 is 0. The molecule has 22 heteroatoms. The van der Waals surface area contributed by atoms with Crippen molar-refractivity contribution in [2.45, 2.75) is 106 Å². The fourth-order valence-corrected chi connectivity index (χ4v) is 6.07. The van der Waals surface area contributed by atoms with Crippen molar-refractivity contribution in [1.82, 2.24) is 16.0 Å². The predicted octanol–water partition coefficient (Wildman–Crippen LogP) is 10.4. The molecule has 0 fully saturated rings. The minimum atomic E-state index is -5.18. The van der Waals surface area contributed by atoms with E-state index in [4.69, 9.17) is 24.3 Å². The number of alkyl carbamates (subject to hydrolysis) is 1. The van der Waals surface area contributed by atoms with Gasteiger partial charge in [-0.3, -0.25) is 13.8 Å². The second-order valence-corrected chi connectivity index (χ2v) is 18.5. The number of hydrogen-bond acceptors (Lipinski definition) is 10. The van der Waals surface area contributed by atoms with Gasteiger partial charge in [0.2, 0.25) is 5.91 Å². The standard InChI is InChI=1S/C33H47F6N3O8S.C10H13ClO2S.C2H6/c1-7-27(14-10-11-15-28(43)40-16-12-8-9-13-17-42-30(45)50-31(4,5)6)51(46,47)49-21-20-48-19-18-41-29(44)24(2)22-26(33(37,38)39)23-25(3)32(34,35)36;1-5-9(8(3)4)7-10(6-2)14(11,12)13;1-2/h7,10-11,14-15,22-23H,2,8-9,12-13,16-21H2,1,3-6H3,(H,40,43)(H,41,44)(H,42,45);5-7H,2-3H2,1,4H3;1-2H3/b14-10-,15-11+,25-23+,26-22+,27-7+;9-5+,10-7+;. The molecule has 0 spiro atoms. The molecule has 0 rings (SSSR count). The lowest BCUT2D eigenvalue weighted by atomic mass is 10.1. The van der Waals surface area contributed by atoms with Crippen LogP contribution in [0.1, 0.15) is 88.0 Å². The van der Waals surface area contributed by atoms with Gasteiger partial charge in [0.1, 0.15) is 5.60 Å². The number of nitrogens with one attached hydrogen (secondary N) is 3. The number of halogens is 7. The molecule has 0 aromatic heterocycles. The van der Waals surface area contributed by atoms with Crippen LogP contribution >= 0.6 is 10.7 Å². The minimum Gasteiger partial charge on any atom is -0.444 e. The van der Waals surface area contributed by atoms with Crippen molar-refractivity contribution in [2.75, 3.05) is 39.5 Å². The molecule has 0 saturated heterocycles. The Balaban J connectivity index is -0.00000217. The Bertz CT molecular complexity index is 2080. The van der Waals surface area contributed by atoms with Crippen molar-refractivity contribution >= 4 is 47.8 Å². The van der Waals surface area contributed by atoms with Gasteiger partial charge in [0.15, 0.2) is 0 Å².